The molecule has 0 aliphatic heterocycles. The number of nitrogens with one attached hydrogen (secondary N) is 1. The Labute approximate surface area is 127 Å². The maximum atomic E-state index is 12.1. The predicted octanol–water partition coefficient (Wildman–Crippen LogP) is 2.23. The molecule has 1 aromatic rings. The Bertz CT molecular complexity index is 518. The van der Waals surface area contributed by atoms with Gasteiger partial charge >= 0.3 is 0 Å². The molecule has 5 nitrogen and oxygen atoms in total. The van der Waals surface area contributed by atoms with Crippen molar-refractivity contribution in [3.8, 4) is 0 Å². The molecule has 1 saturated carbocycles. The van der Waals surface area contributed by atoms with Gasteiger partial charge in [-0.15, -0.1) is 0 Å². The molecule has 112 valence electrons. The van der Waals surface area contributed by atoms with E-state index in [1.165, 1.54) is 17.5 Å². The largest absolute Gasteiger partial charge is 0.394 e. The Morgan fingerprint density at radius 3 is 2.95 bits per heavy atom. The number of rotatable bonds is 4. The maximum absolute atomic E-state index is 12.1. The summed E-state index contributed by atoms with van der Waals surface area (Å²) in [5.41, 5.74) is 0.538. The van der Waals surface area contributed by atoms with Gasteiger partial charge in [-0.2, -0.15) is 5.10 Å². The highest BCUT2D eigenvalue weighted by atomic mass is 79.9. The minimum absolute atomic E-state index is 0.0940. The normalized spacial score (nSPS) is 26.5. The van der Waals surface area contributed by atoms with Crippen LogP contribution >= 0.6 is 15.9 Å². The first-order valence-electron chi connectivity index (χ1n) is 7.17. The van der Waals surface area contributed by atoms with E-state index >= 15 is 0 Å². The molecule has 1 heterocycles. The lowest BCUT2D eigenvalue weighted by Gasteiger charge is -2.35. The molecule has 0 amide bonds. The van der Waals surface area contributed by atoms with E-state index in [4.69, 9.17) is 5.11 Å². The number of aromatic nitrogens is 2. The molecular formula is C14H22BrN3O2. The van der Waals surface area contributed by atoms with Crippen LogP contribution in [0.2, 0.25) is 0 Å². The van der Waals surface area contributed by atoms with Gasteiger partial charge in [0.15, 0.2) is 0 Å². The number of anilines is 1. The van der Waals surface area contributed by atoms with Gasteiger partial charge < -0.3 is 10.4 Å². The van der Waals surface area contributed by atoms with Crippen LogP contribution < -0.4 is 10.9 Å². The molecule has 1 aliphatic rings. The second kappa shape index (κ2) is 6.72. The van der Waals surface area contributed by atoms with E-state index in [0.29, 0.717) is 22.4 Å². The number of aliphatic hydroxyl groups is 1. The third-order valence-electron chi connectivity index (χ3n) is 4.34. The summed E-state index contributed by atoms with van der Waals surface area (Å²) in [5.74, 6) is 1.28. The third kappa shape index (κ3) is 3.23. The van der Waals surface area contributed by atoms with Crippen molar-refractivity contribution in [1.29, 1.82) is 0 Å². The summed E-state index contributed by atoms with van der Waals surface area (Å²) >= 11 is 3.35. The zero-order valence-electron chi connectivity index (χ0n) is 12.0. The predicted molar refractivity (Wildman–Crippen MR) is 82.9 cm³/mol. The minimum atomic E-state index is -0.208. The lowest BCUT2D eigenvalue weighted by atomic mass is 9.78. The van der Waals surface area contributed by atoms with Gasteiger partial charge in [0.2, 0.25) is 0 Å². The van der Waals surface area contributed by atoms with Gasteiger partial charge in [-0.3, -0.25) is 4.79 Å². The quantitative estimate of drug-likeness (QED) is 0.879. The van der Waals surface area contributed by atoms with Crippen molar-refractivity contribution < 1.29 is 5.11 Å². The Balaban J connectivity index is 2.17. The molecular weight excluding hydrogens is 322 g/mol. The number of halogens is 1. The van der Waals surface area contributed by atoms with Crippen LogP contribution in [-0.2, 0) is 6.54 Å². The summed E-state index contributed by atoms with van der Waals surface area (Å²) in [6, 6.07) is 0.380. The second-order valence-corrected chi connectivity index (χ2v) is 6.44. The Morgan fingerprint density at radius 1 is 1.50 bits per heavy atom. The summed E-state index contributed by atoms with van der Waals surface area (Å²) < 4.78 is 1.76. The van der Waals surface area contributed by atoms with Crippen molar-refractivity contribution in [2.45, 2.75) is 45.7 Å². The van der Waals surface area contributed by atoms with Crippen LogP contribution in [0.3, 0.4) is 0 Å². The van der Waals surface area contributed by atoms with E-state index in [1.54, 1.807) is 6.20 Å². The van der Waals surface area contributed by atoms with Gasteiger partial charge in [0.1, 0.15) is 4.47 Å². The van der Waals surface area contributed by atoms with Gasteiger partial charge in [0.05, 0.1) is 25.0 Å². The van der Waals surface area contributed by atoms with Crippen LogP contribution in [0.5, 0.6) is 0 Å². The first kappa shape index (κ1) is 15.5. The molecule has 20 heavy (non-hydrogen) atoms. The Hall–Kier alpha value is -0.880. The molecule has 0 radical (unpaired) electrons. The highest BCUT2D eigenvalue weighted by molar-refractivity contribution is 9.10. The SMILES string of the molecule is CC1CCCC(Nc2cnn(CCO)c(=O)c2Br)C1C. The number of hydrogen-bond donors (Lipinski definition) is 2. The van der Waals surface area contributed by atoms with Crippen molar-refractivity contribution in [3.63, 3.8) is 0 Å². The van der Waals surface area contributed by atoms with E-state index in [9.17, 15) is 4.79 Å². The Morgan fingerprint density at radius 2 is 2.25 bits per heavy atom. The number of aliphatic hydroxyl groups excluding tert-OH is 1. The summed E-state index contributed by atoms with van der Waals surface area (Å²) in [6.45, 7) is 4.67. The summed E-state index contributed by atoms with van der Waals surface area (Å²) in [4.78, 5) is 12.1. The molecule has 0 spiro atoms. The van der Waals surface area contributed by atoms with Crippen LogP contribution in [0.4, 0.5) is 5.69 Å². The zero-order valence-corrected chi connectivity index (χ0v) is 13.6. The van der Waals surface area contributed by atoms with Gasteiger partial charge in [0.25, 0.3) is 5.56 Å². The van der Waals surface area contributed by atoms with E-state index in [1.807, 2.05) is 0 Å². The number of hydrogen-bond acceptors (Lipinski definition) is 4. The molecule has 6 heteroatoms. The van der Waals surface area contributed by atoms with Gasteiger partial charge in [-0.05, 0) is 34.2 Å². The van der Waals surface area contributed by atoms with Crippen molar-refractivity contribution in [2.75, 3.05) is 11.9 Å². The average Bonchev–Trinajstić information content (AvgIpc) is 2.43. The van der Waals surface area contributed by atoms with E-state index in [2.05, 4.69) is 40.2 Å². The average molecular weight is 344 g/mol. The topological polar surface area (TPSA) is 67.2 Å². The first-order valence-corrected chi connectivity index (χ1v) is 7.97. The summed E-state index contributed by atoms with van der Waals surface area (Å²) in [5, 5.41) is 16.4. The van der Waals surface area contributed by atoms with Crippen LogP contribution in [0.1, 0.15) is 33.1 Å². The summed E-state index contributed by atoms with van der Waals surface area (Å²) in [6.07, 6.45) is 5.28. The molecule has 0 aromatic carbocycles. The van der Waals surface area contributed by atoms with Crippen molar-refractivity contribution in [2.24, 2.45) is 11.8 Å². The van der Waals surface area contributed by atoms with E-state index in [-0.39, 0.29) is 18.7 Å². The highest BCUT2D eigenvalue weighted by Gasteiger charge is 2.27. The minimum Gasteiger partial charge on any atom is -0.394 e. The van der Waals surface area contributed by atoms with Gasteiger partial charge in [-0.25, -0.2) is 4.68 Å². The Kier molecular flexibility index (Phi) is 5.21. The second-order valence-electron chi connectivity index (χ2n) is 5.64. The third-order valence-corrected chi connectivity index (χ3v) is 5.11. The number of nitrogens with zero attached hydrogens (tertiary/aromatic N) is 2. The van der Waals surface area contributed by atoms with E-state index in [0.717, 1.165) is 12.1 Å². The maximum Gasteiger partial charge on any atom is 0.283 e. The van der Waals surface area contributed by atoms with Crippen LogP contribution in [-0.4, -0.2) is 27.5 Å². The van der Waals surface area contributed by atoms with Crippen LogP contribution in [0.25, 0.3) is 0 Å². The van der Waals surface area contributed by atoms with E-state index < -0.39 is 0 Å². The molecule has 3 atom stereocenters. The standard InChI is InChI=1S/C14H22BrN3O2/c1-9-4-3-5-11(10(9)2)17-12-8-16-18(6-7-19)14(20)13(12)15/h8-11,17,19H,3-7H2,1-2H3. The molecule has 3 unspecified atom stereocenters. The van der Waals surface area contributed by atoms with Crippen LogP contribution in [0.15, 0.2) is 15.5 Å². The molecule has 1 aliphatic carbocycles. The lowest BCUT2D eigenvalue weighted by Crippen LogP contribution is -2.36. The molecule has 1 aromatic heterocycles. The van der Waals surface area contributed by atoms with Crippen molar-refractivity contribution in [3.05, 3.63) is 21.0 Å². The molecule has 0 saturated heterocycles. The fraction of sp³-hybridized carbons (Fsp3) is 0.714. The monoisotopic (exact) mass is 343 g/mol. The van der Waals surface area contributed by atoms with Crippen molar-refractivity contribution in [1.82, 2.24) is 9.78 Å². The van der Waals surface area contributed by atoms with Crippen molar-refractivity contribution >= 4 is 21.6 Å². The summed E-state index contributed by atoms with van der Waals surface area (Å²) in [7, 11) is 0. The fourth-order valence-corrected chi connectivity index (χ4v) is 3.23. The fourth-order valence-electron chi connectivity index (χ4n) is 2.81. The zero-order chi connectivity index (χ0) is 14.7. The highest BCUT2D eigenvalue weighted by Crippen LogP contribution is 2.32. The molecule has 2 rings (SSSR count). The first-order chi connectivity index (χ1) is 9.54. The van der Waals surface area contributed by atoms with Crippen LogP contribution in [0, 0.1) is 11.8 Å². The van der Waals surface area contributed by atoms with Gasteiger partial charge in [-0.1, -0.05) is 26.7 Å². The molecule has 2 N–H and O–H groups in total. The lowest BCUT2D eigenvalue weighted by molar-refractivity contribution is 0.252. The van der Waals surface area contributed by atoms with Gasteiger partial charge in [0, 0.05) is 6.04 Å². The smallest absolute Gasteiger partial charge is 0.283 e. The molecule has 0 bridgehead atoms. The molecule has 1 fully saturated rings.